The summed E-state index contributed by atoms with van der Waals surface area (Å²) in [6.07, 6.45) is 4.02. The highest BCUT2D eigenvalue weighted by Gasteiger charge is 2.11. The van der Waals surface area contributed by atoms with Crippen molar-refractivity contribution in [3.8, 4) is 11.4 Å². The first-order valence-corrected chi connectivity index (χ1v) is 7.72. The summed E-state index contributed by atoms with van der Waals surface area (Å²) in [5, 5.41) is 6.79. The predicted octanol–water partition coefficient (Wildman–Crippen LogP) is 3.32. The van der Waals surface area contributed by atoms with E-state index in [-0.39, 0.29) is 12.3 Å². The van der Waals surface area contributed by atoms with Gasteiger partial charge in [-0.25, -0.2) is 0 Å². The lowest BCUT2D eigenvalue weighted by Gasteiger charge is -2.06. The first kappa shape index (κ1) is 15.9. The van der Waals surface area contributed by atoms with Crippen molar-refractivity contribution in [1.82, 2.24) is 15.1 Å². The van der Waals surface area contributed by atoms with E-state index in [0.29, 0.717) is 18.1 Å². The maximum atomic E-state index is 12.0. The van der Waals surface area contributed by atoms with Crippen LogP contribution in [-0.4, -0.2) is 21.0 Å². The Kier molecular flexibility index (Phi) is 4.65. The lowest BCUT2D eigenvalue weighted by molar-refractivity contribution is -0.116. The molecule has 6 nitrogen and oxygen atoms in total. The Morgan fingerprint density at radius 2 is 2.08 bits per heavy atom. The van der Waals surface area contributed by atoms with E-state index in [4.69, 9.17) is 4.52 Å². The minimum absolute atomic E-state index is 0.0839. The molecule has 24 heavy (non-hydrogen) atoms. The topological polar surface area (TPSA) is 80.9 Å². The third-order valence-electron chi connectivity index (χ3n) is 3.74. The minimum Gasteiger partial charge on any atom is -0.339 e. The van der Waals surface area contributed by atoms with Crippen LogP contribution in [0, 0.1) is 13.8 Å². The molecule has 2 aromatic heterocycles. The lowest BCUT2D eigenvalue weighted by Crippen LogP contribution is -2.12. The maximum Gasteiger partial charge on any atom is 0.227 e. The zero-order valence-corrected chi connectivity index (χ0v) is 13.6. The van der Waals surface area contributed by atoms with Crippen molar-refractivity contribution in [2.45, 2.75) is 26.7 Å². The molecule has 0 saturated heterocycles. The van der Waals surface area contributed by atoms with Gasteiger partial charge in [-0.15, -0.1) is 0 Å². The molecule has 0 aliphatic heterocycles. The quantitative estimate of drug-likeness (QED) is 0.779. The van der Waals surface area contributed by atoms with E-state index < -0.39 is 0 Å². The van der Waals surface area contributed by atoms with Gasteiger partial charge in [0.25, 0.3) is 0 Å². The Hall–Kier alpha value is -3.02. The monoisotopic (exact) mass is 322 g/mol. The highest BCUT2D eigenvalue weighted by molar-refractivity contribution is 5.90. The number of rotatable bonds is 5. The second-order valence-electron chi connectivity index (χ2n) is 5.60. The SMILES string of the molecule is Cc1ccc(NC(=O)CCc2nc(-c3cccnc3)no2)cc1C. The molecule has 1 amide bonds. The molecule has 3 aromatic rings. The summed E-state index contributed by atoms with van der Waals surface area (Å²) in [5.41, 5.74) is 3.92. The molecule has 1 aromatic carbocycles. The van der Waals surface area contributed by atoms with E-state index in [9.17, 15) is 4.79 Å². The second-order valence-corrected chi connectivity index (χ2v) is 5.60. The number of aromatic nitrogens is 3. The van der Waals surface area contributed by atoms with Crippen LogP contribution in [0.25, 0.3) is 11.4 Å². The van der Waals surface area contributed by atoms with Gasteiger partial charge in [0, 0.05) is 36.5 Å². The number of anilines is 1. The van der Waals surface area contributed by atoms with E-state index >= 15 is 0 Å². The molecular formula is C18H18N4O2. The molecule has 0 radical (unpaired) electrons. The van der Waals surface area contributed by atoms with Gasteiger partial charge in [-0.1, -0.05) is 11.2 Å². The van der Waals surface area contributed by atoms with E-state index in [1.165, 1.54) is 5.56 Å². The van der Waals surface area contributed by atoms with Crippen molar-refractivity contribution in [2.75, 3.05) is 5.32 Å². The summed E-state index contributed by atoms with van der Waals surface area (Å²) in [6.45, 7) is 4.06. The summed E-state index contributed by atoms with van der Waals surface area (Å²) < 4.78 is 5.19. The van der Waals surface area contributed by atoms with Gasteiger partial charge in [0.2, 0.25) is 17.6 Å². The molecule has 0 atom stereocenters. The minimum atomic E-state index is -0.0839. The van der Waals surface area contributed by atoms with Crippen LogP contribution in [0.1, 0.15) is 23.4 Å². The second kappa shape index (κ2) is 7.04. The summed E-state index contributed by atoms with van der Waals surface area (Å²) in [6, 6.07) is 9.51. The number of carbonyl (C=O) groups excluding carboxylic acids is 1. The zero-order chi connectivity index (χ0) is 16.9. The Morgan fingerprint density at radius 1 is 1.21 bits per heavy atom. The summed E-state index contributed by atoms with van der Waals surface area (Å²) >= 11 is 0. The summed E-state index contributed by atoms with van der Waals surface area (Å²) in [4.78, 5) is 20.4. The van der Waals surface area contributed by atoms with E-state index in [0.717, 1.165) is 16.8 Å². The molecule has 3 rings (SSSR count). The Bertz CT molecular complexity index is 843. The fourth-order valence-electron chi connectivity index (χ4n) is 2.23. The van der Waals surface area contributed by atoms with Gasteiger partial charge in [0.1, 0.15) is 0 Å². The molecule has 0 spiro atoms. The predicted molar refractivity (Wildman–Crippen MR) is 90.4 cm³/mol. The van der Waals surface area contributed by atoms with E-state index in [2.05, 4.69) is 20.4 Å². The highest BCUT2D eigenvalue weighted by Crippen LogP contribution is 2.16. The molecule has 0 saturated carbocycles. The van der Waals surface area contributed by atoms with Crippen molar-refractivity contribution in [3.63, 3.8) is 0 Å². The van der Waals surface area contributed by atoms with Gasteiger partial charge < -0.3 is 9.84 Å². The standard InChI is InChI=1S/C18H18N4O2/c1-12-5-6-15(10-13(12)2)20-16(23)7-8-17-21-18(22-24-17)14-4-3-9-19-11-14/h3-6,9-11H,7-8H2,1-2H3,(H,20,23). The number of pyridine rings is 1. The van der Waals surface area contributed by atoms with Crippen LogP contribution in [0.15, 0.2) is 47.2 Å². The molecule has 0 aliphatic rings. The maximum absolute atomic E-state index is 12.0. The first-order chi connectivity index (χ1) is 11.6. The summed E-state index contributed by atoms with van der Waals surface area (Å²) in [7, 11) is 0. The third-order valence-corrected chi connectivity index (χ3v) is 3.74. The van der Waals surface area contributed by atoms with Crippen LogP contribution in [0.4, 0.5) is 5.69 Å². The Labute approximate surface area is 139 Å². The van der Waals surface area contributed by atoms with Crippen LogP contribution in [0.2, 0.25) is 0 Å². The Morgan fingerprint density at radius 3 is 2.83 bits per heavy atom. The van der Waals surface area contributed by atoms with Crippen LogP contribution in [-0.2, 0) is 11.2 Å². The normalized spacial score (nSPS) is 10.6. The fraction of sp³-hybridized carbons (Fsp3) is 0.222. The number of benzene rings is 1. The molecule has 6 heteroatoms. The number of hydrogen-bond donors (Lipinski definition) is 1. The average molecular weight is 322 g/mol. The van der Waals surface area contributed by atoms with Gasteiger partial charge in [0.15, 0.2) is 0 Å². The molecule has 122 valence electrons. The number of nitrogens with one attached hydrogen (secondary N) is 1. The zero-order valence-electron chi connectivity index (χ0n) is 13.6. The molecule has 0 unspecified atom stereocenters. The van der Waals surface area contributed by atoms with Gasteiger partial charge >= 0.3 is 0 Å². The van der Waals surface area contributed by atoms with E-state index in [1.807, 2.05) is 44.2 Å². The van der Waals surface area contributed by atoms with Crippen LogP contribution < -0.4 is 5.32 Å². The Balaban J connectivity index is 1.56. The molecule has 0 fully saturated rings. The van der Waals surface area contributed by atoms with Gasteiger partial charge in [-0.05, 0) is 49.2 Å². The summed E-state index contributed by atoms with van der Waals surface area (Å²) in [5.74, 6) is 0.830. The van der Waals surface area contributed by atoms with Crippen molar-refractivity contribution in [1.29, 1.82) is 0 Å². The number of nitrogens with zero attached hydrogens (tertiary/aromatic N) is 3. The van der Waals surface area contributed by atoms with Crippen molar-refractivity contribution in [3.05, 3.63) is 59.7 Å². The number of aryl methyl sites for hydroxylation is 3. The van der Waals surface area contributed by atoms with E-state index in [1.54, 1.807) is 12.4 Å². The number of amides is 1. The number of hydrogen-bond acceptors (Lipinski definition) is 5. The average Bonchev–Trinajstić information content (AvgIpc) is 3.06. The highest BCUT2D eigenvalue weighted by atomic mass is 16.5. The largest absolute Gasteiger partial charge is 0.339 e. The van der Waals surface area contributed by atoms with Crippen LogP contribution >= 0.6 is 0 Å². The molecule has 2 heterocycles. The van der Waals surface area contributed by atoms with Crippen molar-refractivity contribution >= 4 is 11.6 Å². The molecule has 0 aliphatic carbocycles. The third kappa shape index (κ3) is 3.84. The molecule has 0 bridgehead atoms. The molecular weight excluding hydrogens is 304 g/mol. The van der Waals surface area contributed by atoms with Gasteiger partial charge in [-0.2, -0.15) is 4.98 Å². The lowest BCUT2D eigenvalue weighted by atomic mass is 10.1. The van der Waals surface area contributed by atoms with Crippen molar-refractivity contribution in [2.24, 2.45) is 0 Å². The number of carbonyl (C=O) groups is 1. The molecule has 1 N–H and O–H groups in total. The van der Waals surface area contributed by atoms with Gasteiger partial charge in [0.05, 0.1) is 0 Å². The van der Waals surface area contributed by atoms with Crippen molar-refractivity contribution < 1.29 is 9.32 Å². The fourth-order valence-corrected chi connectivity index (χ4v) is 2.23. The van der Waals surface area contributed by atoms with Crippen LogP contribution in [0.3, 0.4) is 0 Å². The van der Waals surface area contributed by atoms with Crippen LogP contribution in [0.5, 0.6) is 0 Å². The smallest absolute Gasteiger partial charge is 0.227 e. The first-order valence-electron chi connectivity index (χ1n) is 7.72. The van der Waals surface area contributed by atoms with Gasteiger partial charge in [-0.3, -0.25) is 9.78 Å².